The van der Waals surface area contributed by atoms with Gasteiger partial charge in [0.15, 0.2) is 0 Å². The van der Waals surface area contributed by atoms with Crippen LogP contribution in [0.25, 0.3) is 0 Å². The third kappa shape index (κ3) is 5.21. The first-order valence-electron chi connectivity index (χ1n) is 2.67. The number of rotatable bonds is 3. The van der Waals surface area contributed by atoms with Crippen LogP contribution in [-0.2, 0) is 0 Å². The van der Waals surface area contributed by atoms with Crippen LogP contribution in [0.4, 0.5) is 0 Å². The van der Waals surface area contributed by atoms with E-state index >= 15 is 0 Å². The van der Waals surface area contributed by atoms with Gasteiger partial charge in [-0.05, 0) is 13.8 Å². The standard InChI is InChI=1S/C6H12N2/c1-4-7-5-8-6(2)3/h5H,2,4H2,1,3H3,(H,7,8). The molecule has 0 atom stereocenters. The van der Waals surface area contributed by atoms with E-state index in [4.69, 9.17) is 0 Å². The smallest absolute Gasteiger partial charge is 0.0865 e. The minimum atomic E-state index is 0.820. The van der Waals surface area contributed by atoms with Crippen molar-refractivity contribution in [3.63, 3.8) is 0 Å². The summed E-state index contributed by atoms with van der Waals surface area (Å²) in [6.07, 6.45) is 1.66. The van der Waals surface area contributed by atoms with Crippen molar-refractivity contribution >= 4 is 6.34 Å². The lowest BCUT2D eigenvalue weighted by Crippen LogP contribution is -2.05. The highest BCUT2D eigenvalue weighted by molar-refractivity contribution is 5.56. The molecule has 0 unspecified atom stereocenters. The van der Waals surface area contributed by atoms with E-state index < -0.39 is 0 Å². The summed E-state index contributed by atoms with van der Waals surface area (Å²) in [5.41, 5.74) is 0.919. The normalized spacial score (nSPS) is 9.75. The summed E-state index contributed by atoms with van der Waals surface area (Å²) in [6.45, 7) is 8.32. The molecule has 0 aliphatic heterocycles. The maximum Gasteiger partial charge on any atom is 0.0865 e. The molecule has 0 radical (unpaired) electrons. The minimum Gasteiger partial charge on any atom is -0.351 e. The van der Waals surface area contributed by atoms with E-state index in [1.54, 1.807) is 6.34 Å². The lowest BCUT2D eigenvalue weighted by Gasteiger charge is -1.92. The quantitative estimate of drug-likeness (QED) is 0.430. The molecule has 0 amide bonds. The van der Waals surface area contributed by atoms with Crippen LogP contribution in [-0.4, -0.2) is 12.9 Å². The van der Waals surface area contributed by atoms with Gasteiger partial charge in [-0.3, -0.25) is 4.99 Å². The lowest BCUT2D eigenvalue weighted by atomic mass is 10.6. The third-order valence-electron chi connectivity index (χ3n) is 0.585. The van der Waals surface area contributed by atoms with Crippen molar-refractivity contribution in [1.29, 1.82) is 0 Å². The number of nitrogens with one attached hydrogen (secondary N) is 1. The van der Waals surface area contributed by atoms with Crippen molar-refractivity contribution in [2.45, 2.75) is 13.8 Å². The van der Waals surface area contributed by atoms with Crippen LogP contribution in [0, 0.1) is 0 Å². The Morgan fingerprint density at radius 2 is 2.50 bits per heavy atom. The van der Waals surface area contributed by atoms with E-state index in [-0.39, 0.29) is 0 Å². The molecule has 8 heavy (non-hydrogen) atoms. The second kappa shape index (κ2) is 4.37. The van der Waals surface area contributed by atoms with Crippen LogP contribution in [0.3, 0.4) is 0 Å². The Kier molecular flexibility index (Phi) is 3.94. The second-order valence-electron chi connectivity index (χ2n) is 1.55. The zero-order chi connectivity index (χ0) is 6.41. The Labute approximate surface area is 50.3 Å². The van der Waals surface area contributed by atoms with Gasteiger partial charge in [-0.1, -0.05) is 6.58 Å². The average molecular weight is 112 g/mol. The van der Waals surface area contributed by atoms with Crippen LogP contribution < -0.4 is 5.32 Å². The van der Waals surface area contributed by atoms with Gasteiger partial charge < -0.3 is 5.32 Å². The Hall–Kier alpha value is -0.790. The summed E-state index contributed by atoms with van der Waals surface area (Å²) >= 11 is 0. The molecule has 0 saturated carbocycles. The molecule has 0 aliphatic carbocycles. The molecule has 0 fully saturated rings. The predicted molar refractivity (Wildman–Crippen MR) is 37.0 cm³/mol. The summed E-state index contributed by atoms with van der Waals surface area (Å²) in [4.78, 5) is 3.92. The Bertz CT molecular complexity index is 94.7. The van der Waals surface area contributed by atoms with Gasteiger partial charge in [-0.2, -0.15) is 0 Å². The molecule has 0 spiro atoms. The molecule has 0 rings (SSSR count). The van der Waals surface area contributed by atoms with Gasteiger partial charge in [0.1, 0.15) is 0 Å². The van der Waals surface area contributed by atoms with E-state index in [9.17, 15) is 0 Å². The van der Waals surface area contributed by atoms with Gasteiger partial charge in [0.2, 0.25) is 0 Å². The monoisotopic (exact) mass is 112 g/mol. The maximum atomic E-state index is 3.92. The van der Waals surface area contributed by atoms with Crippen molar-refractivity contribution in [2.24, 2.45) is 4.99 Å². The molecular weight excluding hydrogens is 100 g/mol. The van der Waals surface area contributed by atoms with E-state index in [1.807, 2.05) is 13.8 Å². The molecule has 0 aromatic carbocycles. The summed E-state index contributed by atoms with van der Waals surface area (Å²) in [7, 11) is 0. The molecule has 0 aromatic heterocycles. The summed E-state index contributed by atoms with van der Waals surface area (Å²) in [5, 5.41) is 2.86. The molecule has 0 saturated heterocycles. The molecule has 0 aromatic rings. The zero-order valence-corrected chi connectivity index (χ0v) is 5.44. The number of allylic oxidation sites excluding steroid dienone is 1. The molecule has 2 nitrogen and oxygen atoms in total. The van der Waals surface area contributed by atoms with Crippen molar-refractivity contribution < 1.29 is 0 Å². The third-order valence-corrected chi connectivity index (χ3v) is 0.585. The lowest BCUT2D eigenvalue weighted by molar-refractivity contribution is 1.08. The SMILES string of the molecule is C=C(C)NC=NCC. The largest absolute Gasteiger partial charge is 0.351 e. The number of hydrogen-bond acceptors (Lipinski definition) is 1. The highest BCUT2D eigenvalue weighted by Crippen LogP contribution is 1.72. The highest BCUT2D eigenvalue weighted by Gasteiger charge is 1.71. The van der Waals surface area contributed by atoms with Crippen molar-refractivity contribution in [3.05, 3.63) is 12.3 Å². The first-order chi connectivity index (χ1) is 3.77. The molecular formula is C6H12N2. The molecule has 0 aliphatic rings. The number of hydrogen-bond donors (Lipinski definition) is 1. The van der Waals surface area contributed by atoms with Gasteiger partial charge in [0, 0.05) is 12.2 Å². The van der Waals surface area contributed by atoms with E-state index in [0.717, 1.165) is 12.2 Å². The summed E-state index contributed by atoms with van der Waals surface area (Å²) in [5.74, 6) is 0. The topological polar surface area (TPSA) is 24.4 Å². The van der Waals surface area contributed by atoms with E-state index in [0.29, 0.717) is 0 Å². The summed E-state index contributed by atoms with van der Waals surface area (Å²) < 4.78 is 0. The Morgan fingerprint density at radius 3 is 2.88 bits per heavy atom. The number of nitrogens with zero attached hydrogens (tertiary/aromatic N) is 1. The van der Waals surface area contributed by atoms with Crippen molar-refractivity contribution in [2.75, 3.05) is 6.54 Å². The molecule has 2 heteroatoms. The fourth-order valence-corrected chi connectivity index (χ4v) is 0.247. The van der Waals surface area contributed by atoms with E-state index in [2.05, 4.69) is 16.9 Å². The minimum absolute atomic E-state index is 0.820. The number of aliphatic imine (C=N–C) groups is 1. The van der Waals surface area contributed by atoms with Crippen LogP contribution in [0.2, 0.25) is 0 Å². The van der Waals surface area contributed by atoms with Crippen LogP contribution >= 0.6 is 0 Å². The molecule has 0 bridgehead atoms. The fraction of sp³-hybridized carbons (Fsp3) is 0.500. The second-order valence-corrected chi connectivity index (χ2v) is 1.55. The molecule has 1 N–H and O–H groups in total. The van der Waals surface area contributed by atoms with Gasteiger partial charge in [-0.25, -0.2) is 0 Å². The summed E-state index contributed by atoms with van der Waals surface area (Å²) in [6, 6.07) is 0. The van der Waals surface area contributed by atoms with Gasteiger partial charge in [0.25, 0.3) is 0 Å². The van der Waals surface area contributed by atoms with Crippen LogP contribution in [0.15, 0.2) is 17.3 Å². The van der Waals surface area contributed by atoms with Crippen molar-refractivity contribution in [1.82, 2.24) is 5.32 Å². The fourth-order valence-electron chi connectivity index (χ4n) is 0.247. The van der Waals surface area contributed by atoms with Crippen LogP contribution in [0.1, 0.15) is 13.8 Å². The van der Waals surface area contributed by atoms with E-state index in [1.165, 1.54) is 0 Å². The van der Waals surface area contributed by atoms with Crippen LogP contribution in [0.5, 0.6) is 0 Å². The van der Waals surface area contributed by atoms with Gasteiger partial charge in [0.05, 0.1) is 6.34 Å². The maximum absolute atomic E-state index is 3.92. The van der Waals surface area contributed by atoms with Crippen molar-refractivity contribution in [3.8, 4) is 0 Å². The Morgan fingerprint density at radius 1 is 1.88 bits per heavy atom. The highest BCUT2D eigenvalue weighted by atomic mass is 14.9. The van der Waals surface area contributed by atoms with Gasteiger partial charge >= 0.3 is 0 Å². The van der Waals surface area contributed by atoms with Gasteiger partial charge in [-0.15, -0.1) is 0 Å². The molecule has 0 heterocycles. The predicted octanol–water partition coefficient (Wildman–Crippen LogP) is 1.16. The molecule has 46 valence electrons. The average Bonchev–Trinajstić information content (AvgIpc) is 1.66. The first kappa shape index (κ1) is 7.21. The zero-order valence-electron chi connectivity index (χ0n) is 5.44. The first-order valence-corrected chi connectivity index (χ1v) is 2.67. The Balaban J connectivity index is 3.16.